The Morgan fingerprint density at radius 3 is 2.42 bits per heavy atom. The van der Waals surface area contributed by atoms with Crippen LogP contribution in [0.25, 0.3) is 0 Å². The molecule has 0 bridgehead atoms. The van der Waals surface area contributed by atoms with Gasteiger partial charge in [0.25, 0.3) is 0 Å². The second-order valence-electron chi connectivity index (χ2n) is 7.43. The molecular formula is C20H30AsCl2O. The Bertz CT molecular complexity index is 496. The molecule has 1 atom stereocenters. The maximum atomic E-state index is 11.4. The molecule has 1 nitrogen and oxygen atoms in total. The Morgan fingerprint density at radius 1 is 1.08 bits per heavy atom. The normalized spacial score (nSPS) is 23.1. The van der Waals surface area contributed by atoms with Crippen LogP contribution in [-0.2, 0) is 0 Å². The fraction of sp³-hybridized carbons (Fsp3) is 0.700. The predicted octanol–water partition coefficient (Wildman–Crippen LogP) is 6.42. The zero-order valence-corrected chi connectivity index (χ0v) is 17.9. The molecule has 4 heteroatoms. The van der Waals surface area contributed by atoms with Crippen LogP contribution in [0.15, 0.2) is 24.3 Å². The van der Waals surface area contributed by atoms with Crippen molar-refractivity contribution in [2.75, 3.05) is 0 Å². The van der Waals surface area contributed by atoms with Crippen LogP contribution in [0.4, 0.5) is 0 Å². The van der Waals surface area contributed by atoms with Gasteiger partial charge in [0.15, 0.2) is 0 Å². The van der Waals surface area contributed by atoms with Gasteiger partial charge in [0, 0.05) is 0 Å². The van der Waals surface area contributed by atoms with E-state index in [1.54, 1.807) is 0 Å². The summed E-state index contributed by atoms with van der Waals surface area (Å²) in [4.78, 5) is 0. The summed E-state index contributed by atoms with van der Waals surface area (Å²) in [6, 6.07) is 8.28. The molecule has 2 aliphatic carbocycles. The minimum atomic E-state index is -0.493. The van der Waals surface area contributed by atoms with Gasteiger partial charge in [0.2, 0.25) is 0 Å². The summed E-state index contributed by atoms with van der Waals surface area (Å²) in [5.74, 6) is 0.295. The maximum absolute atomic E-state index is 11.4. The van der Waals surface area contributed by atoms with E-state index in [-0.39, 0.29) is 12.4 Å². The first kappa shape index (κ1) is 20.6. The SMILES string of the molecule is Cl.OC1(C(C[As]C2CCCCC2)c2cccc(Cl)c2)CCCCC1. The van der Waals surface area contributed by atoms with E-state index >= 15 is 0 Å². The van der Waals surface area contributed by atoms with Crippen LogP contribution >= 0.6 is 24.0 Å². The van der Waals surface area contributed by atoms with E-state index in [1.807, 2.05) is 12.1 Å². The summed E-state index contributed by atoms with van der Waals surface area (Å²) in [5.41, 5.74) is 0.778. The third kappa shape index (κ3) is 5.41. The first-order chi connectivity index (χ1) is 11.2. The monoisotopic (exact) mass is 431 g/mol. The van der Waals surface area contributed by atoms with Crippen molar-refractivity contribution in [3.05, 3.63) is 34.9 Å². The molecule has 1 N–H and O–H groups in total. The van der Waals surface area contributed by atoms with Crippen molar-refractivity contribution in [1.82, 2.24) is 0 Å². The quantitative estimate of drug-likeness (QED) is 0.533. The standard InChI is InChI=1S/C20H29AsClO.ClH/c22-18-11-7-8-16(14-18)19(20(23)12-5-2-6-13-20)15-21-17-9-3-1-4-10-17;/h7-8,11,14,17,19,23H,1-6,9-10,12-13,15H2;1H. The molecule has 2 fully saturated rings. The zero-order valence-electron chi connectivity index (χ0n) is 14.4. The molecule has 0 amide bonds. The average Bonchev–Trinajstić information content (AvgIpc) is 2.56. The van der Waals surface area contributed by atoms with Crippen molar-refractivity contribution < 1.29 is 5.11 Å². The van der Waals surface area contributed by atoms with E-state index in [4.69, 9.17) is 11.6 Å². The number of aliphatic hydroxyl groups is 1. The fourth-order valence-corrected chi connectivity index (χ4v) is 8.29. The van der Waals surface area contributed by atoms with Gasteiger partial charge in [-0.15, -0.1) is 12.4 Å². The summed E-state index contributed by atoms with van der Waals surface area (Å²) >= 11 is 6.58. The average molecular weight is 432 g/mol. The van der Waals surface area contributed by atoms with Crippen LogP contribution < -0.4 is 0 Å². The zero-order chi connectivity index (χ0) is 16.1. The summed E-state index contributed by atoms with van der Waals surface area (Å²) in [6.45, 7) is 0. The van der Waals surface area contributed by atoms with E-state index < -0.39 is 5.60 Å². The Morgan fingerprint density at radius 2 is 1.75 bits per heavy atom. The van der Waals surface area contributed by atoms with Crippen LogP contribution in [0.2, 0.25) is 14.9 Å². The van der Waals surface area contributed by atoms with Gasteiger partial charge in [-0.1, -0.05) is 0 Å². The van der Waals surface area contributed by atoms with Gasteiger partial charge in [-0.25, -0.2) is 0 Å². The van der Waals surface area contributed by atoms with Gasteiger partial charge in [-0.2, -0.15) is 0 Å². The molecule has 1 aromatic rings. The molecule has 0 aromatic heterocycles. The third-order valence-corrected chi connectivity index (χ3v) is 9.35. The Kier molecular flexibility index (Phi) is 8.48. The second kappa shape index (κ2) is 9.86. The van der Waals surface area contributed by atoms with Crippen molar-refractivity contribution >= 4 is 39.8 Å². The third-order valence-electron chi connectivity index (χ3n) is 5.74. The molecule has 0 spiro atoms. The van der Waals surface area contributed by atoms with Crippen LogP contribution in [0.1, 0.15) is 75.7 Å². The van der Waals surface area contributed by atoms with Gasteiger partial charge >= 0.3 is 153 Å². The van der Waals surface area contributed by atoms with Crippen molar-refractivity contribution in [3.8, 4) is 0 Å². The number of halogens is 2. The van der Waals surface area contributed by atoms with Crippen LogP contribution in [0.5, 0.6) is 0 Å². The summed E-state index contributed by atoms with van der Waals surface area (Å²) < 4.78 is 0.967. The summed E-state index contributed by atoms with van der Waals surface area (Å²) in [6.07, 6.45) is 12.7. The Labute approximate surface area is 165 Å². The van der Waals surface area contributed by atoms with Crippen LogP contribution in [-0.4, -0.2) is 26.5 Å². The predicted molar refractivity (Wildman–Crippen MR) is 107 cm³/mol. The van der Waals surface area contributed by atoms with E-state index in [1.165, 1.54) is 62.1 Å². The molecule has 0 heterocycles. The van der Waals surface area contributed by atoms with Gasteiger partial charge < -0.3 is 0 Å². The number of rotatable bonds is 5. The van der Waals surface area contributed by atoms with Crippen LogP contribution in [0, 0.1) is 0 Å². The second-order valence-corrected chi connectivity index (χ2v) is 10.9. The van der Waals surface area contributed by atoms with Crippen molar-refractivity contribution in [3.63, 3.8) is 0 Å². The summed E-state index contributed by atoms with van der Waals surface area (Å²) in [7, 11) is 0. The molecule has 24 heavy (non-hydrogen) atoms. The van der Waals surface area contributed by atoms with Crippen molar-refractivity contribution in [1.29, 1.82) is 0 Å². The molecule has 2 aliphatic rings. The molecule has 0 aliphatic heterocycles. The van der Waals surface area contributed by atoms with E-state index in [0.29, 0.717) is 21.7 Å². The first-order valence-electron chi connectivity index (χ1n) is 9.32. The van der Waals surface area contributed by atoms with Gasteiger partial charge in [0.05, 0.1) is 0 Å². The van der Waals surface area contributed by atoms with Crippen molar-refractivity contribution in [2.24, 2.45) is 0 Å². The van der Waals surface area contributed by atoms with E-state index in [0.717, 1.165) is 22.6 Å². The van der Waals surface area contributed by atoms with E-state index in [2.05, 4.69) is 12.1 Å². The minimum absolute atomic E-state index is 0. The number of hydrogen-bond donors (Lipinski definition) is 1. The molecule has 1 unspecified atom stereocenters. The summed E-state index contributed by atoms with van der Waals surface area (Å²) in [5, 5.41) is 13.4. The van der Waals surface area contributed by atoms with Crippen LogP contribution in [0.3, 0.4) is 0 Å². The molecule has 2 saturated carbocycles. The molecule has 135 valence electrons. The molecule has 1 radical (unpaired) electrons. The first-order valence-corrected chi connectivity index (χ1v) is 12.1. The van der Waals surface area contributed by atoms with Crippen molar-refractivity contribution in [2.45, 2.75) is 85.6 Å². The topological polar surface area (TPSA) is 20.2 Å². The van der Waals surface area contributed by atoms with Gasteiger partial charge in [0.1, 0.15) is 0 Å². The fourth-order valence-electron chi connectivity index (χ4n) is 4.34. The molecule has 3 rings (SSSR count). The number of benzene rings is 1. The Hall–Kier alpha value is 0.318. The molecule has 1 aromatic carbocycles. The van der Waals surface area contributed by atoms with Gasteiger partial charge in [-0.05, 0) is 0 Å². The molecular weight excluding hydrogens is 402 g/mol. The van der Waals surface area contributed by atoms with E-state index in [9.17, 15) is 5.11 Å². The van der Waals surface area contributed by atoms with Gasteiger partial charge in [-0.3, -0.25) is 0 Å². The Balaban J connectivity index is 0.00000208. The number of hydrogen-bond acceptors (Lipinski definition) is 1. The molecule has 0 saturated heterocycles.